The summed E-state index contributed by atoms with van der Waals surface area (Å²) >= 11 is 0. The lowest BCUT2D eigenvalue weighted by Gasteiger charge is -2.21. The Morgan fingerprint density at radius 2 is 2.00 bits per heavy atom. The third-order valence-corrected chi connectivity index (χ3v) is 3.28. The van der Waals surface area contributed by atoms with E-state index in [1.54, 1.807) is 0 Å². The highest BCUT2D eigenvalue weighted by molar-refractivity contribution is 4.95. The van der Waals surface area contributed by atoms with E-state index in [0.29, 0.717) is 0 Å². The molecule has 2 atom stereocenters. The highest BCUT2D eigenvalue weighted by Crippen LogP contribution is 2.41. The van der Waals surface area contributed by atoms with Gasteiger partial charge in [0.1, 0.15) is 0 Å². The summed E-state index contributed by atoms with van der Waals surface area (Å²) in [6.07, 6.45) is 9.61. The minimum atomic E-state index is 0.279. The molecule has 1 heteroatoms. The molecule has 0 saturated heterocycles. The predicted molar refractivity (Wildman–Crippen MR) is 42.7 cm³/mol. The van der Waals surface area contributed by atoms with Gasteiger partial charge in [0.2, 0.25) is 0 Å². The highest BCUT2D eigenvalue weighted by Gasteiger charge is 2.36. The van der Waals surface area contributed by atoms with Gasteiger partial charge >= 0.3 is 0 Å². The second-order valence-electron chi connectivity index (χ2n) is 4.22. The Balaban J connectivity index is 2.09. The zero-order chi connectivity index (χ0) is 7.03. The molecule has 58 valence electrons. The van der Waals surface area contributed by atoms with Crippen LogP contribution in [0.25, 0.3) is 0 Å². The molecule has 1 nitrogen and oxygen atoms in total. The van der Waals surface area contributed by atoms with Gasteiger partial charge in [0.25, 0.3) is 0 Å². The lowest BCUT2D eigenvalue weighted by molar-refractivity contribution is 0.400. The quantitative estimate of drug-likeness (QED) is 0.546. The van der Waals surface area contributed by atoms with Crippen LogP contribution in [0.2, 0.25) is 0 Å². The van der Waals surface area contributed by atoms with E-state index in [-0.39, 0.29) is 5.54 Å². The highest BCUT2D eigenvalue weighted by atomic mass is 14.8. The Bertz CT molecular complexity index is 131. The van der Waals surface area contributed by atoms with E-state index in [0.717, 1.165) is 5.92 Å². The Labute approximate surface area is 63.0 Å². The molecule has 0 aromatic heterocycles. The first-order valence-corrected chi connectivity index (χ1v) is 4.57. The fourth-order valence-electron chi connectivity index (χ4n) is 2.65. The van der Waals surface area contributed by atoms with Gasteiger partial charge in [0.15, 0.2) is 0 Å². The molecule has 0 aliphatic heterocycles. The summed E-state index contributed by atoms with van der Waals surface area (Å²) in [6, 6.07) is 0. The molecule has 2 saturated carbocycles. The number of rotatable bonds is 0. The van der Waals surface area contributed by atoms with E-state index in [9.17, 15) is 0 Å². The van der Waals surface area contributed by atoms with Crippen LogP contribution < -0.4 is 5.73 Å². The van der Waals surface area contributed by atoms with Crippen molar-refractivity contribution in [2.75, 3.05) is 0 Å². The third-order valence-electron chi connectivity index (χ3n) is 3.28. The van der Waals surface area contributed by atoms with Crippen molar-refractivity contribution in [3.8, 4) is 0 Å². The van der Waals surface area contributed by atoms with Gasteiger partial charge < -0.3 is 5.73 Å². The van der Waals surface area contributed by atoms with Gasteiger partial charge in [-0.25, -0.2) is 0 Å². The van der Waals surface area contributed by atoms with E-state index in [1.165, 1.54) is 44.9 Å². The van der Waals surface area contributed by atoms with Gasteiger partial charge in [-0.05, 0) is 31.6 Å². The van der Waals surface area contributed by atoms with Gasteiger partial charge in [-0.1, -0.05) is 19.3 Å². The van der Waals surface area contributed by atoms with Gasteiger partial charge in [0, 0.05) is 5.54 Å². The van der Waals surface area contributed by atoms with Gasteiger partial charge in [-0.3, -0.25) is 0 Å². The van der Waals surface area contributed by atoms with Crippen LogP contribution >= 0.6 is 0 Å². The van der Waals surface area contributed by atoms with E-state index in [4.69, 9.17) is 5.73 Å². The van der Waals surface area contributed by atoms with Crippen molar-refractivity contribution in [2.45, 2.75) is 50.5 Å². The standard InChI is InChI=1S/C9H17N/c10-9-5-2-1-3-8(7-9)4-6-9/h8H,1-7,10H2. The maximum absolute atomic E-state index is 6.20. The topological polar surface area (TPSA) is 26.0 Å². The van der Waals surface area contributed by atoms with Crippen molar-refractivity contribution in [3.05, 3.63) is 0 Å². The second kappa shape index (κ2) is 2.23. The molecule has 10 heavy (non-hydrogen) atoms. The molecule has 2 N–H and O–H groups in total. The molecule has 0 spiro atoms. The molecule has 0 aromatic rings. The number of hydrogen-bond donors (Lipinski definition) is 1. The van der Waals surface area contributed by atoms with Crippen LogP contribution in [0.5, 0.6) is 0 Å². The summed E-state index contributed by atoms with van der Waals surface area (Å²) in [6.45, 7) is 0. The smallest absolute Gasteiger partial charge is 0.0157 e. The second-order valence-corrected chi connectivity index (χ2v) is 4.22. The van der Waals surface area contributed by atoms with Crippen LogP contribution in [0.1, 0.15) is 44.9 Å². The Kier molecular flexibility index (Phi) is 1.48. The summed E-state index contributed by atoms with van der Waals surface area (Å²) < 4.78 is 0. The molecular weight excluding hydrogens is 122 g/mol. The van der Waals surface area contributed by atoms with Crippen LogP contribution in [0.3, 0.4) is 0 Å². The lowest BCUT2D eigenvalue weighted by atomic mass is 9.93. The minimum absolute atomic E-state index is 0.279. The molecule has 2 unspecified atom stereocenters. The third kappa shape index (κ3) is 1.07. The maximum atomic E-state index is 6.20. The monoisotopic (exact) mass is 139 g/mol. The zero-order valence-corrected chi connectivity index (χ0v) is 6.60. The average molecular weight is 139 g/mol. The van der Waals surface area contributed by atoms with Gasteiger partial charge in [-0.2, -0.15) is 0 Å². The SMILES string of the molecule is NC12CCCCC(CC1)C2. The molecule has 2 bridgehead atoms. The van der Waals surface area contributed by atoms with Crippen molar-refractivity contribution in [3.63, 3.8) is 0 Å². The van der Waals surface area contributed by atoms with E-state index < -0.39 is 0 Å². The summed E-state index contributed by atoms with van der Waals surface area (Å²) in [5, 5.41) is 0. The summed E-state index contributed by atoms with van der Waals surface area (Å²) in [7, 11) is 0. The van der Waals surface area contributed by atoms with E-state index in [1.807, 2.05) is 0 Å². The number of hydrogen-bond acceptors (Lipinski definition) is 1. The normalized spacial score (nSPS) is 47.1. The lowest BCUT2D eigenvalue weighted by Crippen LogP contribution is -2.35. The summed E-state index contributed by atoms with van der Waals surface area (Å²) in [5.41, 5.74) is 6.48. The van der Waals surface area contributed by atoms with Crippen LogP contribution in [-0.2, 0) is 0 Å². The molecule has 2 fully saturated rings. The first-order valence-electron chi connectivity index (χ1n) is 4.57. The van der Waals surface area contributed by atoms with Crippen LogP contribution in [0.4, 0.5) is 0 Å². The fourth-order valence-corrected chi connectivity index (χ4v) is 2.65. The zero-order valence-electron chi connectivity index (χ0n) is 6.60. The first kappa shape index (κ1) is 6.66. The minimum Gasteiger partial charge on any atom is -0.325 e. The van der Waals surface area contributed by atoms with Crippen molar-refractivity contribution in [1.82, 2.24) is 0 Å². The molecular formula is C9H17N. The number of nitrogens with two attached hydrogens (primary N) is 1. The maximum Gasteiger partial charge on any atom is 0.0157 e. The molecule has 0 radical (unpaired) electrons. The number of fused-ring (bicyclic) bond motifs is 2. The molecule has 2 rings (SSSR count). The van der Waals surface area contributed by atoms with Crippen molar-refractivity contribution in [1.29, 1.82) is 0 Å². The van der Waals surface area contributed by atoms with Gasteiger partial charge in [-0.15, -0.1) is 0 Å². The Hall–Kier alpha value is -0.0400. The van der Waals surface area contributed by atoms with Crippen molar-refractivity contribution in [2.24, 2.45) is 11.7 Å². The fraction of sp³-hybridized carbons (Fsp3) is 1.00. The molecule has 2 aliphatic carbocycles. The molecule has 0 amide bonds. The van der Waals surface area contributed by atoms with Crippen molar-refractivity contribution >= 4 is 0 Å². The molecule has 0 heterocycles. The Morgan fingerprint density at radius 1 is 1.10 bits per heavy atom. The van der Waals surface area contributed by atoms with Crippen LogP contribution in [0, 0.1) is 5.92 Å². The summed E-state index contributed by atoms with van der Waals surface area (Å²) in [4.78, 5) is 0. The molecule has 0 aromatic carbocycles. The van der Waals surface area contributed by atoms with Crippen molar-refractivity contribution < 1.29 is 0 Å². The van der Waals surface area contributed by atoms with E-state index >= 15 is 0 Å². The first-order chi connectivity index (χ1) is 4.79. The largest absolute Gasteiger partial charge is 0.325 e. The average Bonchev–Trinajstić information content (AvgIpc) is 2.11. The van der Waals surface area contributed by atoms with Crippen LogP contribution in [0.15, 0.2) is 0 Å². The molecule has 2 aliphatic rings. The summed E-state index contributed by atoms with van der Waals surface area (Å²) in [5.74, 6) is 0.993. The van der Waals surface area contributed by atoms with Crippen LogP contribution in [-0.4, -0.2) is 5.54 Å². The Morgan fingerprint density at radius 3 is 2.90 bits per heavy atom. The van der Waals surface area contributed by atoms with Gasteiger partial charge in [0.05, 0.1) is 0 Å². The van der Waals surface area contributed by atoms with E-state index in [2.05, 4.69) is 0 Å². The predicted octanol–water partition coefficient (Wildman–Crippen LogP) is 2.06.